The molecule has 0 saturated carbocycles. The zero-order valence-electron chi connectivity index (χ0n) is 15.4. The highest BCUT2D eigenvalue weighted by Gasteiger charge is 2.24. The summed E-state index contributed by atoms with van der Waals surface area (Å²) in [5, 5.41) is 0. The average Bonchev–Trinajstić information content (AvgIpc) is 3.08. The van der Waals surface area contributed by atoms with Crippen molar-refractivity contribution >= 4 is 6.08 Å². The summed E-state index contributed by atoms with van der Waals surface area (Å²) >= 11 is 0. The summed E-state index contributed by atoms with van der Waals surface area (Å²) in [4.78, 5) is 0. The highest BCUT2D eigenvalue weighted by Crippen LogP contribution is 2.42. The third-order valence-corrected chi connectivity index (χ3v) is 5.97. The van der Waals surface area contributed by atoms with Crippen LogP contribution in [0.5, 0.6) is 0 Å². The van der Waals surface area contributed by atoms with Gasteiger partial charge in [-0.2, -0.15) is 0 Å². The van der Waals surface area contributed by atoms with Gasteiger partial charge in [-0.05, 0) is 89.6 Å². The van der Waals surface area contributed by atoms with Gasteiger partial charge in [0.05, 0.1) is 0 Å². The Morgan fingerprint density at radius 2 is 1.35 bits per heavy atom. The predicted molar refractivity (Wildman–Crippen MR) is 111 cm³/mol. The van der Waals surface area contributed by atoms with Gasteiger partial charge in [-0.3, -0.25) is 0 Å². The number of benzene rings is 3. The molecular formula is C26H24. The van der Waals surface area contributed by atoms with Crippen molar-refractivity contribution in [1.29, 1.82) is 0 Å². The molecule has 26 heavy (non-hydrogen) atoms. The second kappa shape index (κ2) is 6.29. The Labute approximate surface area is 156 Å². The van der Waals surface area contributed by atoms with Crippen LogP contribution in [0.3, 0.4) is 0 Å². The monoisotopic (exact) mass is 336 g/mol. The molecule has 0 aromatic heterocycles. The molecule has 0 amide bonds. The lowest BCUT2D eigenvalue weighted by atomic mass is 9.80. The smallest absolute Gasteiger partial charge is 0.00578 e. The Balaban J connectivity index is 1.77. The number of hydrogen-bond acceptors (Lipinski definition) is 0. The van der Waals surface area contributed by atoms with E-state index in [1.807, 2.05) is 0 Å². The standard InChI is InChI=1S/C26H24/c1-18-15-20-17-26(24-14-8-7-13-23(24)25(20)16-18)22-12-6-5-11-21(22)19-9-3-2-4-10-19/h2-6,9-12,15,17H,7-8,13-14,16H2,1H3. The normalized spacial score (nSPS) is 15.3. The lowest BCUT2D eigenvalue weighted by Gasteiger charge is -2.24. The molecule has 0 saturated heterocycles. The molecule has 2 aliphatic carbocycles. The van der Waals surface area contributed by atoms with Gasteiger partial charge in [0.15, 0.2) is 0 Å². The van der Waals surface area contributed by atoms with Gasteiger partial charge < -0.3 is 0 Å². The van der Waals surface area contributed by atoms with Crippen molar-refractivity contribution in [1.82, 2.24) is 0 Å². The number of allylic oxidation sites excluding steroid dienone is 1. The van der Waals surface area contributed by atoms with Gasteiger partial charge in [0.2, 0.25) is 0 Å². The van der Waals surface area contributed by atoms with E-state index in [0.29, 0.717) is 0 Å². The zero-order chi connectivity index (χ0) is 17.5. The van der Waals surface area contributed by atoms with Crippen LogP contribution in [-0.4, -0.2) is 0 Å². The summed E-state index contributed by atoms with van der Waals surface area (Å²) < 4.78 is 0. The minimum atomic E-state index is 1.15. The Bertz CT molecular complexity index is 1010. The lowest BCUT2D eigenvalue weighted by molar-refractivity contribution is 0.681. The van der Waals surface area contributed by atoms with Gasteiger partial charge >= 0.3 is 0 Å². The van der Waals surface area contributed by atoms with Gasteiger partial charge in [-0.1, -0.05) is 66.2 Å². The molecule has 0 fully saturated rings. The maximum atomic E-state index is 2.47. The molecule has 128 valence electrons. The van der Waals surface area contributed by atoms with Crippen molar-refractivity contribution in [2.75, 3.05) is 0 Å². The van der Waals surface area contributed by atoms with Gasteiger partial charge in [0.1, 0.15) is 0 Å². The maximum absolute atomic E-state index is 2.47. The Kier molecular flexibility index (Phi) is 3.78. The van der Waals surface area contributed by atoms with Crippen LogP contribution in [0.4, 0.5) is 0 Å². The van der Waals surface area contributed by atoms with Crippen LogP contribution in [0.1, 0.15) is 42.0 Å². The third-order valence-electron chi connectivity index (χ3n) is 5.97. The second-order valence-corrected chi connectivity index (χ2v) is 7.74. The average molecular weight is 336 g/mol. The molecule has 0 N–H and O–H groups in total. The van der Waals surface area contributed by atoms with Crippen LogP contribution < -0.4 is 0 Å². The number of hydrogen-bond donors (Lipinski definition) is 0. The van der Waals surface area contributed by atoms with Crippen molar-refractivity contribution in [2.24, 2.45) is 0 Å². The van der Waals surface area contributed by atoms with E-state index in [2.05, 4.69) is 73.7 Å². The molecule has 0 radical (unpaired) electrons. The highest BCUT2D eigenvalue weighted by molar-refractivity contribution is 5.87. The molecule has 0 heteroatoms. The molecule has 0 bridgehead atoms. The SMILES string of the molecule is CC1=Cc2cc(-c3ccccc3-c3ccccc3)c3c(c2C1)CCCC3. The zero-order valence-corrected chi connectivity index (χ0v) is 15.4. The molecule has 0 nitrogen and oxygen atoms in total. The van der Waals surface area contributed by atoms with E-state index in [4.69, 9.17) is 0 Å². The van der Waals surface area contributed by atoms with Gasteiger partial charge in [0, 0.05) is 0 Å². The number of fused-ring (bicyclic) bond motifs is 3. The van der Waals surface area contributed by atoms with E-state index in [1.54, 1.807) is 16.7 Å². The fourth-order valence-corrected chi connectivity index (χ4v) is 4.80. The lowest BCUT2D eigenvalue weighted by Crippen LogP contribution is -2.09. The minimum Gasteiger partial charge on any atom is -0.0683 e. The quantitative estimate of drug-likeness (QED) is 0.479. The second-order valence-electron chi connectivity index (χ2n) is 7.74. The van der Waals surface area contributed by atoms with Crippen LogP contribution >= 0.6 is 0 Å². The Morgan fingerprint density at radius 1 is 0.654 bits per heavy atom. The summed E-state index contributed by atoms with van der Waals surface area (Å²) in [7, 11) is 0. The molecule has 3 aromatic rings. The van der Waals surface area contributed by atoms with Crippen molar-refractivity contribution in [3.8, 4) is 22.3 Å². The van der Waals surface area contributed by atoms with E-state index in [-0.39, 0.29) is 0 Å². The molecular weight excluding hydrogens is 312 g/mol. The van der Waals surface area contributed by atoms with Crippen LogP contribution in [0, 0.1) is 0 Å². The van der Waals surface area contributed by atoms with Gasteiger partial charge in [-0.15, -0.1) is 0 Å². The van der Waals surface area contributed by atoms with Crippen LogP contribution in [-0.2, 0) is 19.3 Å². The first-order chi connectivity index (χ1) is 12.8. The van der Waals surface area contributed by atoms with Crippen LogP contribution in [0.25, 0.3) is 28.3 Å². The minimum absolute atomic E-state index is 1.15. The Hall–Kier alpha value is -2.60. The summed E-state index contributed by atoms with van der Waals surface area (Å²) in [6, 6.07) is 22.2. The summed E-state index contributed by atoms with van der Waals surface area (Å²) in [6.45, 7) is 2.27. The largest absolute Gasteiger partial charge is 0.0683 e. The third kappa shape index (κ3) is 2.52. The first kappa shape index (κ1) is 15.6. The molecule has 0 spiro atoms. The molecule has 0 atom stereocenters. The van der Waals surface area contributed by atoms with E-state index >= 15 is 0 Å². The fourth-order valence-electron chi connectivity index (χ4n) is 4.80. The van der Waals surface area contributed by atoms with Gasteiger partial charge in [0.25, 0.3) is 0 Å². The molecule has 0 aliphatic heterocycles. The van der Waals surface area contributed by atoms with Gasteiger partial charge in [-0.25, -0.2) is 0 Å². The van der Waals surface area contributed by atoms with E-state index in [1.165, 1.54) is 59.1 Å². The fraction of sp³-hybridized carbons (Fsp3) is 0.231. The van der Waals surface area contributed by atoms with Crippen LogP contribution in [0.2, 0.25) is 0 Å². The maximum Gasteiger partial charge on any atom is -0.00578 e. The topological polar surface area (TPSA) is 0 Å². The summed E-state index contributed by atoms with van der Waals surface area (Å²) in [5.74, 6) is 0. The summed E-state index contributed by atoms with van der Waals surface area (Å²) in [6.07, 6.45) is 8.68. The van der Waals surface area contributed by atoms with Crippen molar-refractivity contribution in [3.63, 3.8) is 0 Å². The van der Waals surface area contributed by atoms with E-state index < -0.39 is 0 Å². The molecule has 0 unspecified atom stereocenters. The van der Waals surface area contributed by atoms with Crippen molar-refractivity contribution in [2.45, 2.75) is 39.0 Å². The first-order valence-electron chi connectivity index (χ1n) is 9.81. The first-order valence-corrected chi connectivity index (χ1v) is 9.81. The Morgan fingerprint density at radius 3 is 2.15 bits per heavy atom. The molecule has 5 rings (SSSR count). The number of rotatable bonds is 2. The summed E-state index contributed by atoms with van der Waals surface area (Å²) in [5.41, 5.74) is 13.3. The van der Waals surface area contributed by atoms with Crippen molar-refractivity contribution < 1.29 is 0 Å². The molecule has 0 heterocycles. The molecule has 2 aliphatic rings. The predicted octanol–water partition coefficient (Wildman–Crippen LogP) is 6.86. The van der Waals surface area contributed by atoms with E-state index in [0.717, 1.165) is 6.42 Å². The highest BCUT2D eigenvalue weighted by atomic mass is 14.3. The molecule has 3 aromatic carbocycles. The van der Waals surface area contributed by atoms with Crippen molar-refractivity contribution in [3.05, 3.63) is 88.5 Å². The van der Waals surface area contributed by atoms with Crippen LogP contribution in [0.15, 0.2) is 66.2 Å². The van der Waals surface area contributed by atoms with E-state index in [9.17, 15) is 0 Å².